The normalized spacial score (nSPS) is 17.0. The van der Waals surface area contributed by atoms with E-state index in [1.807, 2.05) is 48.5 Å². The molecule has 52 heavy (non-hydrogen) atoms. The molecule has 1 fully saturated rings. The molecule has 2 aliphatic rings. The molecule has 12 heteroatoms. The minimum atomic E-state index is -4.54. The SMILES string of the molecule is CN(CC(=O)OC(C)(C)C)C(=O)[C@H](Cc1ccc(C(F)(F)F)cc1)N1CCCCC[C@H](N(C)C(=O)OCC2c3ccccc3-c3ccccc32)C1=O. The van der Waals surface area contributed by atoms with Crippen LogP contribution in [0, 0.1) is 0 Å². The number of hydrogen-bond acceptors (Lipinski definition) is 6. The van der Waals surface area contributed by atoms with E-state index < -0.39 is 59.8 Å². The number of carbonyl (C=O) groups is 4. The molecule has 0 unspecified atom stereocenters. The fourth-order valence-corrected chi connectivity index (χ4v) is 7.00. The summed E-state index contributed by atoms with van der Waals surface area (Å²) >= 11 is 0. The van der Waals surface area contributed by atoms with E-state index in [2.05, 4.69) is 0 Å². The van der Waals surface area contributed by atoms with Crippen LogP contribution in [0.2, 0.25) is 0 Å². The largest absolute Gasteiger partial charge is 0.459 e. The van der Waals surface area contributed by atoms with Gasteiger partial charge in [0.05, 0.1) is 5.56 Å². The first-order chi connectivity index (χ1) is 24.5. The fourth-order valence-electron chi connectivity index (χ4n) is 7.00. The predicted molar refractivity (Wildman–Crippen MR) is 189 cm³/mol. The molecule has 0 aromatic heterocycles. The molecule has 3 amide bonds. The number of nitrogens with zero attached hydrogens (tertiary/aromatic N) is 3. The summed E-state index contributed by atoms with van der Waals surface area (Å²) in [5.41, 5.74) is 3.02. The number of amides is 3. The number of hydrogen-bond donors (Lipinski definition) is 0. The summed E-state index contributed by atoms with van der Waals surface area (Å²) in [5.74, 6) is -1.89. The second-order valence-electron chi connectivity index (χ2n) is 14.5. The number of ether oxygens (including phenoxy) is 2. The third-order valence-electron chi connectivity index (χ3n) is 9.57. The molecule has 9 nitrogen and oxygen atoms in total. The summed E-state index contributed by atoms with van der Waals surface area (Å²) in [6.45, 7) is 4.94. The maximum absolute atomic E-state index is 14.5. The van der Waals surface area contributed by atoms with Crippen molar-refractivity contribution in [3.05, 3.63) is 95.1 Å². The molecule has 0 radical (unpaired) electrons. The summed E-state index contributed by atoms with van der Waals surface area (Å²) in [4.78, 5) is 58.7. The topological polar surface area (TPSA) is 96.5 Å². The second kappa shape index (κ2) is 15.8. The van der Waals surface area contributed by atoms with Crippen LogP contribution >= 0.6 is 0 Å². The zero-order valence-electron chi connectivity index (χ0n) is 30.2. The second-order valence-corrected chi connectivity index (χ2v) is 14.5. The van der Waals surface area contributed by atoms with Gasteiger partial charge in [0.1, 0.15) is 30.8 Å². The smallest absolute Gasteiger partial charge is 0.416 e. The van der Waals surface area contributed by atoms with Crippen LogP contribution in [0.1, 0.15) is 74.6 Å². The highest BCUT2D eigenvalue weighted by molar-refractivity contribution is 5.92. The molecule has 1 aliphatic heterocycles. The first-order valence-electron chi connectivity index (χ1n) is 17.6. The summed E-state index contributed by atoms with van der Waals surface area (Å²) in [6.07, 6.45) is -3.08. The van der Waals surface area contributed by atoms with Gasteiger partial charge in [0.15, 0.2) is 0 Å². The molecular formula is C40H46F3N3O6. The Balaban J connectivity index is 1.37. The van der Waals surface area contributed by atoms with Gasteiger partial charge < -0.3 is 19.3 Å². The van der Waals surface area contributed by atoms with Crippen LogP contribution in [0.15, 0.2) is 72.8 Å². The van der Waals surface area contributed by atoms with Crippen LogP contribution in [-0.2, 0) is 36.5 Å². The molecule has 3 aromatic rings. The monoisotopic (exact) mass is 721 g/mol. The molecule has 0 N–H and O–H groups in total. The Labute approximate surface area is 302 Å². The Hall–Kier alpha value is -4.87. The van der Waals surface area contributed by atoms with Crippen molar-refractivity contribution < 1.29 is 41.8 Å². The van der Waals surface area contributed by atoms with E-state index in [0.29, 0.717) is 31.2 Å². The number of rotatable bonds is 9. The minimum Gasteiger partial charge on any atom is -0.459 e. The van der Waals surface area contributed by atoms with Gasteiger partial charge in [0.25, 0.3) is 0 Å². The van der Waals surface area contributed by atoms with Crippen LogP contribution in [0.3, 0.4) is 0 Å². The molecule has 2 atom stereocenters. The van der Waals surface area contributed by atoms with E-state index in [0.717, 1.165) is 34.4 Å². The molecule has 1 heterocycles. The molecule has 1 saturated heterocycles. The Morgan fingerprint density at radius 2 is 1.46 bits per heavy atom. The lowest BCUT2D eigenvalue weighted by atomic mass is 9.97. The van der Waals surface area contributed by atoms with Crippen LogP contribution in [0.25, 0.3) is 11.1 Å². The van der Waals surface area contributed by atoms with Gasteiger partial charge >= 0.3 is 18.2 Å². The molecule has 0 spiro atoms. The predicted octanol–water partition coefficient (Wildman–Crippen LogP) is 7.07. The van der Waals surface area contributed by atoms with Crippen molar-refractivity contribution in [2.45, 2.75) is 82.7 Å². The minimum absolute atomic E-state index is 0.0618. The van der Waals surface area contributed by atoms with Gasteiger partial charge in [-0.25, -0.2) is 4.79 Å². The van der Waals surface area contributed by atoms with Crippen LogP contribution < -0.4 is 0 Å². The number of halogens is 3. The maximum Gasteiger partial charge on any atom is 0.416 e. The number of benzene rings is 3. The van der Waals surface area contributed by atoms with Gasteiger partial charge in [-0.05, 0) is 73.6 Å². The van der Waals surface area contributed by atoms with Crippen LogP contribution in [-0.4, -0.2) is 90.1 Å². The van der Waals surface area contributed by atoms with Crippen molar-refractivity contribution >= 4 is 23.9 Å². The summed E-state index contributed by atoms with van der Waals surface area (Å²) in [5, 5.41) is 0. The zero-order valence-corrected chi connectivity index (χ0v) is 30.2. The standard InChI is InChI=1S/C40H46F3N3O6/c1-39(2,3)52-35(47)24-44(4)36(48)34(23-26-18-20-27(21-19-26)40(41,42)43)46-22-12-6-7-17-33(37(46)49)45(5)38(50)51-25-32-30-15-10-8-13-28(30)29-14-9-11-16-31(29)32/h8-11,13-16,18-21,32-34H,6-7,12,17,22-25H2,1-5H3/t33-,34-/m0/s1. The number of likely N-dealkylation sites (N-methyl/N-ethyl adjacent to an activating group) is 2. The van der Waals surface area contributed by atoms with Crippen molar-refractivity contribution in [2.24, 2.45) is 0 Å². The fraction of sp³-hybridized carbons (Fsp3) is 0.450. The van der Waals surface area contributed by atoms with E-state index in [9.17, 15) is 32.3 Å². The van der Waals surface area contributed by atoms with E-state index in [1.165, 1.54) is 40.9 Å². The van der Waals surface area contributed by atoms with Crippen molar-refractivity contribution in [3.63, 3.8) is 0 Å². The summed E-state index contributed by atoms with van der Waals surface area (Å²) in [6, 6.07) is 18.2. The number of fused-ring (bicyclic) bond motifs is 3. The molecule has 3 aromatic carbocycles. The zero-order chi connectivity index (χ0) is 37.8. The highest BCUT2D eigenvalue weighted by atomic mass is 19.4. The molecule has 1 aliphatic carbocycles. The summed E-state index contributed by atoms with van der Waals surface area (Å²) in [7, 11) is 2.92. The van der Waals surface area contributed by atoms with Crippen molar-refractivity contribution in [3.8, 4) is 11.1 Å². The van der Waals surface area contributed by atoms with E-state index in [4.69, 9.17) is 9.47 Å². The van der Waals surface area contributed by atoms with Gasteiger partial charge in [-0.2, -0.15) is 13.2 Å². The lowest BCUT2D eigenvalue weighted by molar-refractivity contribution is -0.159. The van der Waals surface area contributed by atoms with E-state index in [-0.39, 0.29) is 25.5 Å². The third kappa shape index (κ3) is 8.94. The van der Waals surface area contributed by atoms with E-state index in [1.54, 1.807) is 20.8 Å². The number of esters is 1. The first kappa shape index (κ1) is 38.4. The Morgan fingerprint density at radius 3 is 2.04 bits per heavy atom. The van der Waals surface area contributed by atoms with Gasteiger partial charge in [0, 0.05) is 33.0 Å². The summed E-state index contributed by atoms with van der Waals surface area (Å²) < 4.78 is 51.3. The number of alkyl halides is 3. The third-order valence-corrected chi connectivity index (χ3v) is 9.57. The first-order valence-corrected chi connectivity index (χ1v) is 17.6. The van der Waals surface area contributed by atoms with Gasteiger partial charge in [-0.1, -0.05) is 73.5 Å². The molecular weight excluding hydrogens is 675 g/mol. The molecule has 5 rings (SSSR count). The van der Waals surface area contributed by atoms with Crippen LogP contribution in [0.4, 0.5) is 18.0 Å². The van der Waals surface area contributed by atoms with Crippen LogP contribution in [0.5, 0.6) is 0 Å². The van der Waals surface area contributed by atoms with Crippen molar-refractivity contribution in [1.29, 1.82) is 0 Å². The number of likely N-dealkylation sites (tertiary alicyclic amines) is 1. The Bertz CT molecular complexity index is 1730. The highest BCUT2D eigenvalue weighted by Crippen LogP contribution is 2.44. The average Bonchev–Trinajstić information content (AvgIpc) is 3.40. The highest BCUT2D eigenvalue weighted by Gasteiger charge is 2.40. The Morgan fingerprint density at radius 1 is 0.865 bits per heavy atom. The molecule has 278 valence electrons. The molecule has 0 bridgehead atoms. The average molecular weight is 722 g/mol. The quantitative estimate of drug-likeness (QED) is 0.220. The van der Waals surface area contributed by atoms with Gasteiger partial charge in [-0.3, -0.25) is 19.3 Å². The van der Waals surface area contributed by atoms with Crippen molar-refractivity contribution in [2.75, 3.05) is 33.8 Å². The van der Waals surface area contributed by atoms with Crippen molar-refractivity contribution in [1.82, 2.24) is 14.7 Å². The number of carbonyl (C=O) groups excluding carboxylic acids is 4. The lowest BCUT2D eigenvalue weighted by Crippen LogP contribution is -2.58. The van der Waals surface area contributed by atoms with Gasteiger partial charge in [0.2, 0.25) is 11.8 Å². The Kier molecular flexibility index (Phi) is 11.7. The van der Waals surface area contributed by atoms with E-state index >= 15 is 0 Å². The van der Waals surface area contributed by atoms with Gasteiger partial charge in [-0.15, -0.1) is 0 Å². The molecule has 0 saturated carbocycles. The lowest BCUT2D eigenvalue weighted by Gasteiger charge is -2.39. The maximum atomic E-state index is 14.5.